The topological polar surface area (TPSA) is 88.6 Å². The highest BCUT2D eigenvalue weighted by molar-refractivity contribution is 7.89. The highest BCUT2D eigenvalue weighted by Crippen LogP contribution is 2.37. The molecular formula is C21H24FN3O4S. The van der Waals surface area contributed by atoms with Crippen LogP contribution in [0.5, 0.6) is 5.75 Å². The van der Waals surface area contributed by atoms with Crippen LogP contribution in [0.15, 0.2) is 53.7 Å². The summed E-state index contributed by atoms with van der Waals surface area (Å²) in [6.45, 7) is -0.0684. The fraction of sp³-hybridized carbons (Fsp3) is 0.429. The number of hydrogen-bond donors (Lipinski definition) is 1. The molecule has 1 aromatic carbocycles. The SMILES string of the molecule is O=C(CCNS(=O)(=O)c1ccccc1F)N1C2CCC1CC(Oc1cccnc1)C2. The molecule has 3 heterocycles. The number of rotatable bonds is 7. The summed E-state index contributed by atoms with van der Waals surface area (Å²) < 4.78 is 46.7. The van der Waals surface area contributed by atoms with Gasteiger partial charge in [-0.2, -0.15) is 0 Å². The van der Waals surface area contributed by atoms with E-state index < -0.39 is 20.7 Å². The van der Waals surface area contributed by atoms with Gasteiger partial charge in [0.05, 0.1) is 6.20 Å². The van der Waals surface area contributed by atoms with Crippen LogP contribution in [-0.2, 0) is 14.8 Å². The third kappa shape index (κ3) is 4.46. The van der Waals surface area contributed by atoms with E-state index in [9.17, 15) is 17.6 Å². The Morgan fingerprint density at radius 1 is 1.17 bits per heavy atom. The number of ether oxygens (including phenoxy) is 1. The van der Waals surface area contributed by atoms with Gasteiger partial charge in [-0.15, -0.1) is 0 Å². The molecule has 9 heteroatoms. The van der Waals surface area contributed by atoms with Gasteiger partial charge in [0.1, 0.15) is 22.6 Å². The van der Waals surface area contributed by atoms with Crippen molar-refractivity contribution in [1.82, 2.24) is 14.6 Å². The number of nitrogens with one attached hydrogen (secondary N) is 1. The normalized spacial score (nSPS) is 23.4. The van der Waals surface area contributed by atoms with E-state index in [1.54, 1.807) is 12.4 Å². The maximum absolute atomic E-state index is 13.8. The van der Waals surface area contributed by atoms with Crippen LogP contribution in [0.3, 0.4) is 0 Å². The molecule has 7 nitrogen and oxygen atoms in total. The first-order chi connectivity index (χ1) is 14.4. The minimum Gasteiger partial charge on any atom is -0.489 e. The standard InChI is InChI=1S/C21H24FN3O4S/c22-19-5-1-2-6-20(19)30(27,28)24-11-9-21(26)25-15-7-8-16(25)13-18(12-15)29-17-4-3-10-23-14-17/h1-6,10,14-16,18,24H,7-9,11-13H2. The smallest absolute Gasteiger partial charge is 0.243 e. The lowest BCUT2D eigenvalue weighted by atomic mass is 9.99. The van der Waals surface area contributed by atoms with Crippen LogP contribution in [0.2, 0.25) is 0 Å². The van der Waals surface area contributed by atoms with Gasteiger partial charge in [-0.25, -0.2) is 17.5 Å². The third-order valence-corrected chi connectivity index (χ3v) is 7.17. The fourth-order valence-electron chi connectivity index (χ4n) is 4.40. The first kappa shape index (κ1) is 20.7. The summed E-state index contributed by atoms with van der Waals surface area (Å²) in [4.78, 5) is 18.3. The van der Waals surface area contributed by atoms with Gasteiger partial charge in [-0.1, -0.05) is 12.1 Å². The Morgan fingerprint density at radius 2 is 1.90 bits per heavy atom. The molecule has 1 aromatic heterocycles. The maximum atomic E-state index is 13.8. The Morgan fingerprint density at radius 3 is 2.57 bits per heavy atom. The van der Waals surface area contributed by atoms with Crippen LogP contribution in [0.1, 0.15) is 32.1 Å². The van der Waals surface area contributed by atoms with E-state index in [4.69, 9.17) is 4.74 Å². The quantitative estimate of drug-likeness (QED) is 0.725. The Kier molecular flexibility index (Phi) is 6.01. The van der Waals surface area contributed by atoms with E-state index in [1.807, 2.05) is 17.0 Å². The molecule has 160 valence electrons. The van der Waals surface area contributed by atoms with Gasteiger partial charge >= 0.3 is 0 Å². The number of benzene rings is 1. The molecule has 2 unspecified atom stereocenters. The van der Waals surface area contributed by atoms with Crippen LogP contribution in [0.25, 0.3) is 0 Å². The van der Waals surface area contributed by atoms with E-state index >= 15 is 0 Å². The van der Waals surface area contributed by atoms with Crippen LogP contribution >= 0.6 is 0 Å². The lowest BCUT2D eigenvalue weighted by Gasteiger charge is -2.39. The molecular weight excluding hydrogens is 409 g/mol. The number of fused-ring (bicyclic) bond motifs is 2. The summed E-state index contributed by atoms with van der Waals surface area (Å²) in [5.41, 5.74) is 0. The second-order valence-corrected chi connectivity index (χ2v) is 9.40. The van der Waals surface area contributed by atoms with E-state index in [0.717, 1.165) is 37.5 Å². The van der Waals surface area contributed by atoms with Crippen LogP contribution < -0.4 is 9.46 Å². The summed E-state index contributed by atoms with van der Waals surface area (Å²) in [5.74, 6) is -0.173. The molecule has 1 amide bonds. The van der Waals surface area contributed by atoms with Crippen LogP contribution in [0.4, 0.5) is 4.39 Å². The van der Waals surface area contributed by atoms with Crippen LogP contribution in [0, 0.1) is 5.82 Å². The van der Waals surface area contributed by atoms with Gasteiger partial charge in [0.15, 0.2) is 0 Å². The number of amides is 1. The molecule has 0 saturated carbocycles. The van der Waals surface area contributed by atoms with Crippen molar-refractivity contribution in [3.8, 4) is 5.75 Å². The van der Waals surface area contributed by atoms with Crippen molar-refractivity contribution in [3.05, 3.63) is 54.6 Å². The molecule has 30 heavy (non-hydrogen) atoms. The second kappa shape index (κ2) is 8.69. The molecule has 2 aromatic rings. The van der Waals surface area contributed by atoms with Gasteiger partial charge in [-0.3, -0.25) is 9.78 Å². The summed E-state index contributed by atoms with van der Waals surface area (Å²) in [5, 5.41) is 0. The first-order valence-corrected chi connectivity index (χ1v) is 11.5. The molecule has 1 N–H and O–H groups in total. The molecule has 0 radical (unpaired) electrons. The summed E-state index contributed by atoms with van der Waals surface area (Å²) in [6, 6.07) is 9.07. The zero-order valence-electron chi connectivity index (χ0n) is 16.4. The highest BCUT2D eigenvalue weighted by atomic mass is 32.2. The number of halogens is 1. The molecule has 2 bridgehead atoms. The lowest BCUT2D eigenvalue weighted by molar-refractivity contribution is -0.136. The van der Waals surface area contributed by atoms with E-state index in [1.165, 1.54) is 18.2 Å². The Bertz CT molecular complexity index is 988. The predicted molar refractivity (Wildman–Crippen MR) is 108 cm³/mol. The zero-order chi connectivity index (χ0) is 21.1. The van der Waals surface area contributed by atoms with E-state index in [0.29, 0.717) is 0 Å². The number of aromatic nitrogens is 1. The minimum atomic E-state index is -3.99. The van der Waals surface area contributed by atoms with Crippen molar-refractivity contribution in [2.75, 3.05) is 6.54 Å². The van der Waals surface area contributed by atoms with Gasteiger partial charge in [0.25, 0.3) is 0 Å². The van der Waals surface area contributed by atoms with E-state index in [2.05, 4.69) is 9.71 Å². The third-order valence-electron chi connectivity index (χ3n) is 5.67. The predicted octanol–water partition coefficient (Wildman–Crippen LogP) is 2.49. The molecule has 2 aliphatic heterocycles. The summed E-state index contributed by atoms with van der Waals surface area (Å²) >= 11 is 0. The zero-order valence-corrected chi connectivity index (χ0v) is 17.2. The number of sulfonamides is 1. The second-order valence-electron chi connectivity index (χ2n) is 7.66. The van der Waals surface area contributed by atoms with E-state index in [-0.39, 0.29) is 37.1 Å². The van der Waals surface area contributed by atoms with Gasteiger partial charge in [-0.05, 0) is 37.1 Å². The molecule has 2 atom stereocenters. The maximum Gasteiger partial charge on any atom is 0.243 e. The first-order valence-electron chi connectivity index (χ1n) is 10.1. The average molecular weight is 434 g/mol. The number of nitrogens with zero attached hydrogens (tertiary/aromatic N) is 2. The Balaban J connectivity index is 1.31. The molecule has 2 aliphatic rings. The summed E-state index contributed by atoms with van der Waals surface area (Å²) in [7, 11) is -3.99. The number of pyridine rings is 1. The monoisotopic (exact) mass is 433 g/mol. The van der Waals surface area contributed by atoms with Gasteiger partial charge < -0.3 is 9.64 Å². The highest BCUT2D eigenvalue weighted by Gasteiger charge is 2.43. The van der Waals surface area contributed by atoms with Crippen molar-refractivity contribution in [2.24, 2.45) is 0 Å². The van der Waals surface area contributed by atoms with Gasteiger partial charge in [0, 0.05) is 44.1 Å². The minimum absolute atomic E-state index is 0.0365. The number of carbonyl (C=O) groups excluding carboxylic acids is 1. The fourth-order valence-corrected chi connectivity index (χ4v) is 5.51. The Labute approximate surface area is 175 Å². The Hall–Kier alpha value is -2.52. The number of piperidine rings is 1. The number of hydrogen-bond acceptors (Lipinski definition) is 5. The molecule has 0 spiro atoms. The van der Waals surface area contributed by atoms with Crippen molar-refractivity contribution >= 4 is 15.9 Å². The molecule has 2 saturated heterocycles. The average Bonchev–Trinajstić information content (AvgIpc) is 2.99. The van der Waals surface area contributed by atoms with Crippen molar-refractivity contribution in [2.45, 2.75) is 55.2 Å². The molecule has 0 aliphatic carbocycles. The molecule has 2 fully saturated rings. The van der Waals surface area contributed by atoms with Gasteiger partial charge in [0.2, 0.25) is 15.9 Å². The molecule has 4 rings (SSSR count). The van der Waals surface area contributed by atoms with Crippen LogP contribution in [-0.4, -0.2) is 48.9 Å². The largest absolute Gasteiger partial charge is 0.489 e. The number of carbonyl (C=O) groups is 1. The lowest BCUT2D eigenvalue weighted by Crippen LogP contribution is -2.49. The van der Waals surface area contributed by atoms with Crippen molar-refractivity contribution in [1.29, 1.82) is 0 Å². The summed E-state index contributed by atoms with van der Waals surface area (Å²) in [6.07, 6.45) is 6.79. The van der Waals surface area contributed by atoms with Crippen molar-refractivity contribution < 1.29 is 22.3 Å². The van der Waals surface area contributed by atoms with Crippen molar-refractivity contribution in [3.63, 3.8) is 0 Å².